The molecule has 1 aromatic carbocycles. The quantitative estimate of drug-likeness (QED) is 0.582. The van der Waals surface area contributed by atoms with Crippen molar-refractivity contribution in [3.63, 3.8) is 0 Å². The first-order valence-electron chi connectivity index (χ1n) is 7.64. The molecule has 26 heavy (non-hydrogen) atoms. The Morgan fingerprint density at radius 3 is 2.81 bits per heavy atom. The minimum Gasteiger partial charge on any atom is -0.496 e. The van der Waals surface area contributed by atoms with E-state index in [0.29, 0.717) is 18.7 Å². The molecule has 0 unspecified atom stereocenters. The van der Waals surface area contributed by atoms with E-state index in [1.54, 1.807) is 13.2 Å². The molecule has 0 aliphatic rings. The van der Waals surface area contributed by atoms with E-state index in [1.807, 2.05) is 24.3 Å². The van der Waals surface area contributed by atoms with Gasteiger partial charge in [-0.05, 0) is 18.1 Å². The molecule has 2 aromatic rings. The van der Waals surface area contributed by atoms with Crippen molar-refractivity contribution in [3.8, 4) is 11.8 Å². The first kappa shape index (κ1) is 18.7. The summed E-state index contributed by atoms with van der Waals surface area (Å²) in [6, 6.07) is 9.85. The Morgan fingerprint density at radius 2 is 2.15 bits per heavy atom. The van der Waals surface area contributed by atoms with Crippen LogP contribution in [0.4, 0.5) is 5.69 Å². The predicted molar refractivity (Wildman–Crippen MR) is 91.8 cm³/mol. The molecular formula is C17H16N4O5. The van der Waals surface area contributed by atoms with Crippen LogP contribution >= 0.6 is 0 Å². The number of carbonyl (C=O) groups is 1. The van der Waals surface area contributed by atoms with Crippen molar-refractivity contribution in [3.05, 3.63) is 68.1 Å². The molecule has 1 heterocycles. The van der Waals surface area contributed by atoms with Gasteiger partial charge in [-0.15, -0.1) is 0 Å². The number of pyridine rings is 1. The first-order chi connectivity index (χ1) is 12.5. The lowest BCUT2D eigenvalue weighted by molar-refractivity contribution is -0.385. The van der Waals surface area contributed by atoms with Crippen molar-refractivity contribution >= 4 is 11.6 Å². The fraction of sp³-hybridized carbons (Fsp3) is 0.235. The van der Waals surface area contributed by atoms with Gasteiger partial charge in [0, 0.05) is 12.6 Å². The van der Waals surface area contributed by atoms with E-state index in [9.17, 15) is 19.7 Å². The Balaban J connectivity index is 2.04. The zero-order chi connectivity index (χ0) is 19.1. The molecule has 0 radical (unpaired) electrons. The molecule has 2 rings (SSSR count). The van der Waals surface area contributed by atoms with Gasteiger partial charge >= 0.3 is 0 Å². The molecule has 9 nitrogen and oxygen atoms in total. The monoisotopic (exact) mass is 356 g/mol. The Bertz CT molecular complexity index is 929. The standard InChI is InChI=1S/C17H16N4O5/c1-26-15-5-3-2-4-12(15)6-7-19-16(22)11-20-10-14(21(24)25)8-13(9-18)17(20)23/h2-5,8,10H,6-7,11H2,1H3,(H,19,22). The van der Waals surface area contributed by atoms with E-state index in [2.05, 4.69) is 5.32 Å². The van der Waals surface area contributed by atoms with E-state index in [0.717, 1.165) is 22.4 Å². The molecule has 0 fully saturated rings. The molecular weight excluding hydrogens is 340 g/mol. The number of carbonyl (C=O) groups excluding carboxylic acids is 1. The van der Waals surface area contributed by atoms with Gasteiger partial charge in [-0.25, -0.2) is 0 Å². The van der Waals surface area contributed by atoms with Crippen LogP contribution in [0.15, 0.2) is 41.3 Å². The largest absolute Gasteiger partial charge is 0.496 e. The van der Waals surface area contributed by atoms with Crippen LogP contribution in [0, 0.1) is 21.4 Å². The van der Waals surface area contributed by atoms with Crippen LogP contribution in [-0.2, 0) is 17.8 Å². The molecule has 0 saturated carbocycles. The molecule has 0 atom stereocenters. The van der Waals surface area contributed by atoms with Crippen LogP contribution in [0.3, 0.4) is 0 Å². The van der Waals surface area contributed by atoms with Gasteiger partial charge in [-0.3, -0.25) is 24.3 Å². The van der Waals surface area contributed by atoms with Crippen molar-refractivity contribution in [2.24, 2.45) is 0 Å². The van der Waals surface area contributed by atoms with E-state index in [-0.39, 0.29) is 5.56 Å². The average molecular weight is 356 g/mol. The summed E-state index contributed by atoms with van der Waals surface area (Å²) in [4.78, 5) is 34.2. The van der Waals surface area contributed by atoms with Gasteiger partial charge in [-0.2, -0.15) is 5.26 Å². The second-order valence-corrected chi connectivity index (χ2v) is 5.33. The number of nitrogens with zero attached hydrogens (tertiary/aromatic N) is 3. The summed E-state index contributed by atoms with van der Waals surface area (Å²) in [6.07, 6.45) is 1.46. The van der Waals surface area contributed by atoms with Crippen LogP contribution in [-0.4, -0.2) is 29.1 Å². The number of para-hydroxylation sites is 1. The van der Waals surface area contributed by atoms with E-state index in [4.69, 9.17) is 10.00 Å². The summed E-state index contributed by atoms with van der Waals surface area (Å²) in [5.74, 6) is 0.210. The molecule has 9 heteroatoms. The highest BCUT2D eigenvalue weighted by molar-refractivity contribution is 5.75. The maximum atomic E-state index is 12.0. The van der Waals surface area contributed by atoms with Crippen molar-refractivity contribution < 1.29 is 14.5 Å². The lowest BCUT2D eigenvalue weighted by Crippen LogP contribution is -2.34. The van der Waals surface area contributed by atoms with E-state index in [1.165, 1.54) is 0 Å². The molecule has 0 aliphatic carbocycles. The highest BCUT2D eigenvalue weighted by Gasteiger charge is 2.15. The Kier molecular flexibility index (Phi) is 6.06. The van der Waals surface area contributed by atoms with Crippen LogP contribution < -0.4 is 15.6 Å². The van der Waals surface area contributed by atoms with Crippen molar-refractivity contribution in [1.29, 1.82) is 5.26 Å². The highest BCUT2D eigenvalue weighted by atomic mass is 16.6. The van der Waals surface area contributed by atoms with Gasteiger partial charge in [0.05, 0.1) is 18.2 Å². The lowest BCUT2D eigenvalue weighted by atomic mass is 10.1. The zero-order valence-electron chi connectivity index (χ0n) is 14.0. The summed E-state index contributed by atoms with van der Waals surface area (Å²) in [5, 5.41) is 22.4. The number of rotatable bonds is 7. The minimum absolute atomic E-state index is 0.300. The van der Waals surface area contributed by atoms with Crippen molar-refractivity contribution in [2.75, 3.05) is 13.7 Å². The number of nitriles is 1. The number of aromatic nitrogens is 1. The number of hydrogen-bond donors (Lipinski definition) is 1. The van der Waals surface area contributed by atoms with Gasteiger partial charge in [-0.1, -0.05) is 18.2 Å². The molecule has 1 amide bonds. The second kappa shape index (κ2) is 8.43. The predicted octanol–water partition coefficient (Wildman–Crippen LogP) is 0.996. The molecule has 0 aliphatic heterocycles. The second-order valence-electron chi connectivity index (χ2n) is 5.33. The van der Waals surface area contributed by atoms with E-state index >= 15 is 0 Å². The molecule has 0 bridgehead atoms. The molecule has 1 N–H and O–H groups in total. The van der Waals surface area contributed by atoms with Gasteiger partial charge in [0.25, 0.3) is 11.2 Å². The normalized spacial score (nSPS) is 10.0. The SMILES string of the molecule is COc1ccccc1CCNC(=O)Cn1cc([N+](=O)[O-])cc(C#N)c1=O. The topological polar surface area (TPSA) is 127 Å². The third-order valence-electron chi connectivity index (χ3n) is 3.63. The molecule has 0 spiro atoms. The van der Waals surface area contributed by atoms with Gasteiger partial charge in [0.1, 0.15) is 23.9 Å². The van der Waals surface area contributed by atoms with Crippen LogP contribution in [0.2, 0.25) is 0 Å². The Hall–Kier alpha value is -3.67. The Labute approximate surface area is 148 Å². The fourth-order valence-electron chi connectivity index (χ4n) is 2.37. The van der Waals surface area contributed by atoms with Crippen LogP contribution in [0.25, 0.3) is 0 Å². The molecule has 1 aromatic heterocycles. The smallest absolute Gasteiger partial charge is 0.287 e. The van der Waals surface area contributed by atoms with Crippen molar-refractivity contribution in [1.82, 2.24) is 9.88 Å². The average Bonchev–Trinajstić information content (AvgIpc) is 2.63. The summed E-state index contributed by atoms with van der Waals surface area (Å²) < 4.78 is 6.08. The summed E-state index contributed by atoms with van der Waals surface area (Å²) >= 11 is 0. The summed E-state index contributed by atoms with van der Waals surface area (Å²) in [6.45, 7) is -0.116. The molecule has 0 saturated heterocycles. The summed E-state index contributed by atoms with van der Waals surface area (Å²) in [7, 11) is 1.55. The first-order valence-corrected chi connectivity index (χ1v) is 7.64. The number of benzene rings is 1. The van der Waals surface area contributed by atoms with Crippen molar-refractivity contribution in [2.45, 2.75) is 13.0 Å². The minimum atomic E-state index is -0.752. The third-order valence-corrected chi connectivity index (χ3v) is 3.63. The maximum Gasteiger partial charge on any atom is 0.287 e. The number of amides is 1. The van der Waals surface area contributed by atoms with Gasteiger partial charge in [0.15, 0.2) is 0 Å². The highest BCUT2D eigenvalue weighted by Crippen LogP contribution is 2.17. The Morgan fingerprint density at radius 1 is 1.42 bits per heavy atom. The van der Waals surface area contributed by atoms with Crippen LogP contribution in [0.1, 0.15) is 11.1 Å². The number of nitrogens with one attached hydrogen (secondary N) is 1. The number of hydrogen-bond acceptors (Lipinski definition) is 6. The number of ether oxygens (including phenoxy) is 1. The fourth-order valence-corrected chi connectivity index (χ4v) is 2.37. The molecule has 134 valence electrons. The zero-order valence-corrected chi connectivity index (χ0v) is 14.0. The van der Waals surface area contributed by atoms with Gasteiger partial charge in [0.2, 0.25) is 5.91 Å². The third kappa shape index (κ3) is 4.45. The number of methoxy groups -OCH3 is 1. The van der Waals surface area contributed by atoms with Crippen LogP contribution in [0.5, 0.6) is 5.75 Å². The maximum absolute atomic E-state index is 12.0. The lowest BCUT2D eigenvalue weighted by Gasteiger charge is -2.10. The summed E-state index contributed by atoms with van der Waals surface area (Å²) in [5.41, 5.74) is -0.656. The van der Waals surface area contributed by atoms with Gasteiger partial charge < -0.3 is 10.1 Å². The van der Waals surface area contributed by atoms with E-state index < -0.39 is 28.6 Å². The number of nitro groups is 1.